The predicted molar refractivity (Wildman–Crippen MR) is 48.8 cm³/mol. The maximum atomic E-state index is 3.45. The molecule has 0 aliphatic carbocycles. The van der Waals surface area contributed by atoms with E-state index in [0.29, 0.717) is 6.04 Å². The van der Waals surface area contributed by atoms with E-state index in [1.54, 1.807) is 0 Å². The van der Waals surface area contributed by atoms with E-state index < -0.39 is 0 Å². The molecule has 1 N–H and O–H groups in total. The lowest BCUT2D eigenvalue weighted by molar-refractivity contribution is 0.204. The van der Waals surface area contributed by atoms with Gasteiger partial charge in [0.1, 0.15) is 0 Å². The van der Waals surface area contributed by atoms with E-state index in [0.717, 1.165) is 0 Å². The summed E-state index contributed by atoms with van der Waals surface area (Å²) in [6.45, 7) is 9.46. The molecular formula is C9H20N2. The highest BCUT2D eigenvalue weighted by Gasteiger charge is 2.13. The van der Waals surface area contributed by atoms with Gasteiger partial charge in [0.05, 0.1) is 0 Å². The lowest BCUT2D eigenvalue weighted by Crippen LogP contribution is -2.49. The Labute approximate surface area is 70.0 Å². The molecule has 2 heteroatoms. The van der Waals surface area contributed by atoms with Gasteiger partial charge in [0, 0.05) is 25.7 Å². The first kappa shape index (κ1) is 9.01. The van der Waals surface area contributed by atoms with Gasteiger partial charge in [-0.2, -0.15) is 0 Å². The van der Waals surface area contributed by atoms with Crippen LogP contribution in [0.1, 0.15) is 26.7 Å². The van der Waals surface area contributed by atoms with E-state index in [-0.39, 0.29) is 0 Å². The van der Waals surface area contributed by atoms with Crippen molar-refractivity contribution in [3.05, 3.63) is 0 Å². The number of hydrogen-bond donors (Lipinski definition) is 1. The molecule has 0 saturated carbocycles. The zero-order valence-electron chi connectivity index (χ0n) is 7.77. The lowest BCUT2D eigenvalue weighted by Gasteiger charge is -2.31. The van der Waals surface area contributed by atoms with Gasteiger partial charge in [-0.25, -0.2) is 0 Å². The predicted octanol–water partition coefficient (Wildman–Crippen LogP) is 1.08. The summed E-state index contributed by atoms with van der Waals surface area (Å²) >= 11 is 0. The van der Waals surface area contributed by atoms with E-state index in [9.17, 15) is 0 Å². The molecule has 11 heavy (non-hydrogen) atoms. The van der Waals surface area contributed by atoms with Gasteiger partial charge in [-0.3, -0.25) is 0 Å². The SMILES string of the molecule is CCCCN1CCN[C@@H](C)C1. The Morgan fingerprint density at radius 2 is 2.36 bits per heavy atom. The van der Waals surface area contributed by atoms with Crippen LogP contribution in [0.4, 0.5) is 0 Å². The molecule has 1 saturated heterocycles. The van der Waals surface area contributed by atoms with Crippen LogP contribution in [-0.4, -0.2) is 37.1 Å². The second kappa shape index (κ2) is 4.73. The van der Waals surface area contributed by atoms with Crippen molar-refractivity contribution in [2.45, 2.75) is 32.7 Å². The first-order chi connectivity index (χ1) is 5.33. The topological polar surface area (TPSA) is 15.3 Å². The number of rotatable bonds is 3. The zero-order chi connectivity index (χ0) is 8.10. The molecule has 0 amide bonds. The van der Waals surface area contributed by atoms with Crippen LogP contribution in [0.25, 0.3) is 0 Å². The molecular weight excluding hydrogens is 136 g/mol. The summed E-state index contributed by atoms with van der Waals surface area (Å²) in [6.07, 6.45) is 2.67. The highest BCUT2D eigenvalue weighted by molar-refractivity contribution is 4.74. The quantitative estimate of drug-likeness (QED) is 0.658. The van der Waals surface area contributed by atoms with Gasteiger partial charge in [-0.05, 0) is 19.9 Å². The Hall–Kier alpha value is -0.0800. The van der Waals surface area contributed by atoms with Crippen molar-refractivity contribution in [3.63, 3.8) is 0 Å². The third-order valence-electron chi connectivity index (χ3n) is 2.28. The summed E-state index contributed by atoms with van der Waals surface area (Å²) in [5, 5.41) is 3.45. The number of nitrogens with one attached hydrogen (secondary N) is 1. The average Bonchev–Trinajstić information content (AvgIpc) is 2.01. The van der Waals surface area contributed by atoms with Crippen LogP contribution < -0.4 is 5.32 Å². The first-order valence-electron chi connectivity index (χ1n) is 4.78. The Bertz CT molecular complexity index is 104. The van der Waals surface area contributed by atoms with Crippen molar-refractivity contribution >= 4 is 0 Å². The first-order valence-corrected chi connectivity index (χ1v) is 4.78. The summed E-state index contributed by atoms with van der Waals surface area (Å²) in [4.78, 5) is 2.56. The van der Waals surface area contributed by atoms with E-state index in [2.05, 4.69) is 24.1 Å². The van der Waals surface area contributed by atoms with Gasteiger partial charge in [-0.1, -0.05) is 13.3 Å². The highest BCUT2D eigenvalue weighted by atomic mass is 15.2. The number of nitrogens with zero attached hydrogens (tertiary/aromatic N) is 1. The fourth-order valence-electron chi connectivity index (χ4n) is 1.60. The molecule has 0 aromatic carbocycles. The van der Waals surface area contributed by atoms with Crippen LogP contribution in [0, 0.1) is 0 Å². The number of unbranched alkanes of at least 4 members (excludes halogenated alkanes) is 1. The highest BCUT2D eigenvalue weighted by Crippen LogP contribution is 2.00. The molecule has 1 aliphatic heterocycles. The van der Waals surface area contributed by atoms with Crippen LogP contribution in [-0.2, 0) is 0 Å². The molecule has 0 aromatic rings. The smallest absolute Gasteiger partial charge is 0.0167 e. The van der Waals surface area contributed by atoms with Crippen molar-refractivity contribution in [1.29, 1.82) is 0 Å². The molecule has 0 bridgehead atoms. The normalized spacial score (nSPS) is 27.3. The van der Waals surface area contributed by atoms with Gasteiger partial charge in [0.15, 0.2) is 0 Å². The van der Waals surface area contributed by atoms with Crippen molar-refractivity contribution in [3.8, 4) is 0 Å². The van der Waals surface area contributed by atoms with E-state index in [1.165, 1.54) is 39.0 Å². The van der Waals surface area contributed by atoms with Crippen LogP contribution in [0.2, 0.25) is 0 Å². The molecule has 1 heterocycles. The van der Waals surface area contributed by atoms with Gasteiger partial charge in [-0.15, -0.1) is 0 Å². The lowest BCUT2D eigenvalue weighted by atomic mass is 10.2. The fraction of sp³-hybridized carbons (Fsp3) is 1.00. The minimum Gasteiger partial charge on any atom is -0.312 e. The Morgan fingerprint density at radius 3 is 3.00 bits per heavy atom. The fourth-order valence-corrected chi connectivity index (χ4v) is 1.60. The molecule has 2 nitrogen and oxygen atoms in total. The summed E-state index contributed by atoms with van der Waals surface area (Å²) in [6, 6.07) is 0.695. The third kappa shape index (κ3) is 3.21. The molecule has 1 aliphatic rings. The van der Waals surface area contributed by atoms with Crippen molar-refractivity contribution < 1.29 is 0 Å². The maximum absolute atomic E-state index is 3.45. The van der Waals surface area contributed by atoms with Crippen LogP contribution in [0.3, 0.4) is 0 Å². The molecule has 1 fully saturated rings. The second-order valence-corrected chi connectivity index (χ2v) is 3.51. The molecule has 1 atom stereocenters. The summed E-state index contributed by atoms with van der Waals surface area (Å²) in [5.74, 6) is 0. The largest absolute Gasteiger partial charge is 0.312 e. The molecule has 66 valence electrons. The van der Waals surface area contributed by atoms with E-state index in [4.69, 9.17) is 0 Å². The van der Waals surface area contributed by atoms with Gasteiger partial charge in [0.25, 0.3) is 0 Å². The number of piperazine rings is 1. The number of hydrogen-bond acceptors (Lipinski definition) is 2. The van der Waals surface area contributed by atoms with Crippen molar-refractivity contribution in [1.82, 2.24) is 10.2 Å². The van der Waals surface area contributed by atoms with Crippen LogP contribution in [0.15, 0.2) is 0 Å². The van der Waals surface area contributed by atoms with Gasteiger partial charge >= 0.3 is 0 Å². The molecule has 0 spiro atoms. The summed E-state index contributed by atoms with van der Waals surface area (Å²) in [5.41, 5.74) is 0. The Kier molecular flexibility index (Phi) is 3.87. The molecule has 0 aromatic heterocycles. The maximum Gasteiger partial charge on any atom is 0.0167 e. The van der Waals surface area contributed by atoms with Crippen LogP contribution in [0.5, 0.6) is 0 Å². The second-order valence-electron chi connectivity index (χ2n) is 3.51. The molecule has 1 rings (SSSR count). The van der Waals surface area contributed by atoms with Gasteiger partial charge < -0.3 is 10.2 Å². The Morgan fingerprint density at radius 1 is 1.55 bits per heavy atom. The minimum absolute atomic E-state index is 0.695. The standard InChI is InChI=1S/C9H20N2/c1-3-4-6-11-7-5-10-9(2)8-11/h9-10H,3-8H2,1-2H3/t9-/m0/s1. The van der Waals surface area contributed by atoms with E-state index in [1.807, 2.05) is 0 Å². The summed E-state index contributed by atoms with van der Waals surface area (Å²) < 4.78 is 0. The third-order valence-corrected chi connectivity index (χ3v) is 2.28. The van der Waals surface area contributed by atoms with Gasteiger partial charge in [0.2, 0.25) is 0 Å². The minimum atomic E-state index is 0.695. The monoisotopic (exact) mass is 156 g/mol. The van der Waals surface area contributed by atoms with Crippen molar-refractivity contribution in [2.75, 3.05) is 26.2 Å². The van der Waals surface area contributed by atoms with Crippen LogP contribution >= 0.6 is 0 Å². The zero-order valence-corrected chi connectivity index (χ0v) is 7.77. The molecule has 0 unspecified atom stereocenters. The summed E-state index contributed by atoms with van der Waals surface area (Å²) in [7, 11) is 0. The van der Waals surface area contributed by atoms with Crippen molar-refractivity contribution in [2.24, 2.45) is 0 Å². The van der Waals surface area contributed by atoms with E-state index >= 15 is 0 Å². The molecule has 0 radical (unpaired) electrons. The average molecular weight is 156 g/mol. The Balaban J connectivity index is 2.12.